The molecule has 1 aliphatic rings. The third kappa shape index (κ3) is 4.49. The van der Waals surface area contributed by atoms with Crippen LogP contribution in [-0.2, 0) is 4.74 Å². The van der Waals surface area contributed by atoms with Crippen molar-refractivity contribution in [1.29, 1.82) is 0 Å². The molecular weight excluding hydrogens is 309 g/mol. The lowest BCUT2D eigenvalue weighted by molar-refractivity contribution is 0.146. The fraction of sp³-hybridized carbons (Fsp3) is 0.625. The molecule has 0 radical (unpaired) electrons. The van der Waals surface area contributed by atoms with Crippen LogP contribution >= 0.6 is 23.2 Å². The van der Waals surface area contributed by atoms with Gasteiger partial charge in [0.15, 0.2) is 0 Å². The summed E-state index contributed by atoms with van der Waals surface area (Å²) < 4.78 is 10.9. The molecule has 118 valence electrons. The molecule has 1 unspecified atom stereocenters. The average molecular weight is 332 g/mol. The highest BCUT2D eigenvalue weighted by Gasteiger charge is 2.26. The second-order valence-electron chi connectivity index (χ2n) is 6.28. The first-order valence-corrected chi connectivity index (χ1v) is 8.02. The molecule has 0 fully saturated rings. The lowest BCUT2D eigenvalue weighted by Crippen LogP contribution is -2.35. The van der Waals surface area contributed by atoms with E-state index in [4.69, 9.17) is 32.7 Å². The highest BCUT2D eigenvalue weighted by molar-refractivity contribution is 6.35. The maximum atomic E-state index is 6.22. The van der Waals surface area contributed by atoms with Gasteiger partial charge in [0.1, 0.15) is 5.75 Å². The molecular formula is C16H23Cl2NO2. The standard InChI is InChI=1S/C16H23Cl2NO2/c1-16(2,5-7-20-3)10-19-14-4-6-21-15-12(14)8-11(17)9-13(15)18/h8-9,14,19H,4-7,10H2,1-3H3. The molecule has 0 saturated carbocycles. The van der Waals surface area contributed by atoms with Crippen LogP contribution < -0.4 is 10.1 Å². The third-order valence-corrected chi connectivity index (χ3v) is 4.37. The lowest BCUT2D eigenvalue weighted by Gasteiger charge is -2.32. The summed E-state index contributed by atoms with van der Waals surface area (Å²) in [6, 6.07) is 3.90. The summed E-state index contributed by atoms with van der Waals surface area (Å²) in [5, 5.41) is 4.86. The van der Waals surface area contributed by atoms with Crippen LogP contribution in [0.5, 0.6) is 5.75 Å². The summed E-state index contributed by atoms with van der Waals surface area (Å²) in [4.78, 5) is 0. The number of methoxy groups -OCH3 is 1. The Labute approximate surface area is 136 Å². The van der Waals surface area contributed by atoms with E-state index in [1.165, 1.54) is 0 Å². The summed E-state index contributed by atoms with van der Waals surface area (Å²) in [6.45, 7) is 6.83. The number of benzene rings is 1. The van der Waals surface area contributed by atoms with E-state index in [0.717, 1.165) is 37.3 Å². The zero-order valence-electron chi connectivity index (χ0n) is 12.8. The fourth-order valence-electron chi connectivity index (χ4n) is 2.50. The summed E-state index contributed by atoms with van der Waals surface area (Å²) in [5.74, 6) is 0.763. The first-order chi connectivity index (χ1) is 9.93. The van der Waals surface area contributed by atoms with E-state index in [0.29, 0.717) is 16.7 Å². The van der Waals surface area contributed by atoms with Crippen molar-refractivity contribution >= 4 is 23.2 Å². The van der Waals surface area contributed by atoms with Gasteiger partial charge in [0.25, 0.3) is 0 Å². The van der Waals surface area contributed by atoms with Crippen molar-refractivity contribution in [2.75, 3.05) is 26.9 Å². The second-order valence-corrected chi connectivity index (χ2v) is 7.13. The zero-order chi connectivity index (χ0) is 15.5. The van der Waals surface area contributed by atoms with Crippen LogP contribution in [0.4, 0.5) is 0 Å². The Morgan fingerprint density at radius 3 is 2.86 bits per heavy atom. The highest BCUT2D eigenvalue weighted by Crippen LogP contribution is 2.40. The summed E-state index contributed by atoms with van der Waals surface area (Å²) in [5.41, 5.74) is 1.23. The normalized spacial score (nSPS) is 18.2. The smallest absolute Gasteiger partial charge is 0.142 e. The summed E-state index contributed by atoms with van der Waals surface area (Å²) >= 11 is 12.3. The predicted octanol–water partition coefficient (Wildman–Crippen LogP) is 4.47. The van der Waals surface area contributed by atoms with Crippen molar-refractivity contribution in [2.45, 2.75) is 32.7 Å². The van der Waals surface area contributed by atoms with Crippen LogP contribution in [0.2, 0.25) is 10.0 Å². The zero-order valence-corrected chi connectivity index (χ0v) is 14.4. The van der Waals surface area contributed by atoms with E-state index < -0.39 is 0 Å². The molecule has 2 rings (SSSR count). The van der Waals surface area contributed by atoms with E-state index in [2.05, 4.69) is 19.2 Å². The average Bonchev–Trinajstić information content (AvgIpc) is 2.43. The molecule has 0 amide bonds. The van der Waals surface area contributed by atoms with E-state index >= 15 is 0 Å². The van der Waals surface area contributed by atoms with Crippen molar-refractivity contribution in [3.63, 3.8) is 0 Å². The van der Waals surface area contributed by atoms with E-state index in [9.17, 15) is 0 Å². The number of fused-ring (bicyclic) bond motifs is 1. The molecule has 1 N–H and O–H groups in total. The largest absolute Gasteiger partial charge is 0.492 e. The fourth-order valence-corrected chi connectivity index (χ4v) is 3.07. The topological polar surface area (TPSA) is 30.5 Å². The van der Waals surface area contributed by atoms with Crippen LogP contribution in [0.25, 0.3) is 0 Å². The van der Waals surface area contributed by atoms with Crippen LogP contribution in [0, 0.1) is 5.41 Å². The van der Waals surface area contributed by atoms with Gasteiger partial charge in [0.05, 0.1) is 11.6 Å². The van der Waals surface area contributed by atoms with Crippen LogP contribution in [0.1, 0.15) is 38.3 Å². The molecule has 3 nitrogen and oxygen atoms in total. The van der Waals surface area contributed by atoms with Gasteiger partial charge in [-0.2, -0.15) is 0 Å². The van der Waals surface area contributed by atoms with Gasteiger partial charge in [-0.1, -0.05) is 37.0 Å². The first-order valence-electron chi connectivity index (χ1n) is 7.27. The number of ether oxygens (including phenoxy) is 2. The van der Waals surface area contributed by atoms with Crippen LogP contribution in [0.15, 0.2) is 12.1 Å². The van der Waals surface area contributed by atoms with Gasteiger partial charge < -0.3 is 14.8 Å². The SMILES string of the molecule is COCCC(C)(C)CNC1CCOc2c(Cl)cc(Cl)cc21. The molecule has 1 aliphatic heterocycles. The highest BCUT2D eigenvalue weighted by atomic mass is 35.5. The molecule has 1 heterocycles. The van der Waals surface area contributed by atoms with Crippen molar-refractivity contribution in [3.8, 4) is 5.75 Å². The Bertz CT molecular complexity index is 491. The van der Waals surface area contributed by atoms with Crippen LogP contribution in [0.3, 0.4) is 0 Å². The van der Waals surface area contributed by atoms with Crippen molar-refractivity contribution in [2.24, 2.45) is 5.41 Å². The minimum atomic E-state index is 0.177. The van der Waals surface area contributed by atoms with Gasteiger partial charge in [-0.3, -0.25) is 0 Å². The molecule has 0 aliphatic carbocycles. The van der Waals surface area contributed by atoms with Crippen molar-refractivity contribution < 1.29 is 9.47 Å². The third-order valence-electron chi connectivity index (χ3n) is 3.88. The molecule has 1 atom stereocenters. The second kappa shape index (κ2) is 7.19. The number of rotatable bonds is 6. The molecule has 1 aromatic rings. The molecule has 0 saturated heterocycles. The first kappa shape index (κ1) is 16.9. The predicted molar refractivity (Wildman–Crippen MR) is 87.6 cm³/mol. The summed E-state index contributed by atoms with van der Waals surface area (Å²) in [7, 11) is 1.74. The lowest BCUT2D eigenvalue weighted by atomic mass is 9.88. The molecule has 1 aromatic carbocycles. The number of halogens is 2. The monoisotopic (exact) mass is 331 g/mol. The van der Waals surface area contributed by atoms with E-state index in [1.54, 1.807) is 13.2 Å². The molecule has 0 bridgehead atoms. The number of hydrogen-bond acceptors (Lipinski definition) is 3. The Hall–Kier alpha value is -0.480. The van der Waals surface area contributed by atoms with Gasteiger partial charge in [0, 0.05) is 43.3 Å². The van der Waals surface area contributed by atoms with Gasteiger partial charge in [-0.05, 0) is 24.0 Å². The minimum absolute atomic E-state index is 0.177. The Morgan fingerprint density at radius 2 is 2.14 bits per heavy atom. The number of nitrogens with one attached hydrogen (secondary N) is 1. The van der Waals surface area contributed by atoms with Gasteiger partial charge in [-0.15, -0.1) is 0 Å². The molecule has 0 spiro atoms. The molecule has 5 heteroatoms. The maximum Gasteiger partial charge on any atom is 0.142 e. The van der Waals surface area contributed by atoms with Gasteiger partial charge in [0.2, 0.25) is 0 Å². The Morgan fingerprint density at radius 1 is 1.38 bits per heavy atom. The van der Waals surface area contributed by atoms with E-state index in [1.807, 2.05) is 6.07 Å². The quantitative estimate of drug-likeness (QED) is 0.834. The minimum Gasteiger partial charge on any atom is -0.492 e. The molecule has 0 aromatic heterocycles. The van der Waals surface area contributed by atoms with Crippen LogP contribution in [-0.4, -0.2) is 26.9 Å². The van der Waals surface area contributed by atoms with Gasteiger partial charge in [-0.25, -0.2) is 0 Å². The molecule has 21 heavy (non-hydrogen) atoms. The van der Waals surface area contributed by atoms with Crippen molar-refractivity contribution in [3.05, 3.63) is 27.7 Å². The number of hydrogen-bond donors (Lipinski definition) is 1. The van der Waals surface area contributed by atoms with Gasteiger partial charge >= 0.3 is 0 Å². The Kier molecular flexibility index (Phi) is 5.78. The van der Waals surface area contributed by atoms with Crippen molar-refractivity contribution in [1.82, 2.24) is 5.32 Å². The summed E-state index contributed by atoms with van der Waals surface area (Å²) in [6.07, 6.45) is 1.94. The Balaban J connectivity index is 2.07. The maximum absolute atomic E-state index is 6.22. The van der Waals surface area contributed by atoms with E-state index in [-0.39, 0.29) is 11.5 Å².